The molecule has 0 aliphatic carbocycles. The fraction of sp³-hybridized carbons (Fsp3) is 0.800. The topological polar surface area (TPSA) is 29.5 Å². The summed E-state index contributed by atoms with van der Waals surface area (Å²) < 4.78 is 5.37. The molecule has 2 nitrogen and oxygen atoms in total. The van der Waals surface area contributed by atoms with Crippen LogP contribution in [0.2, 0.25) is 0 Å². The lowest BCUT2D eigenvalue weighted by molar-refractivity contribution is 0.0440. The lowest BCUT2D eigenvalue weighted by Crippen LogP contribution is -2.21. The van der Waals surface area contributed by atoms with Crippen molar-refractivity contribution in [1.82, 2.24) is 0 Å². The second-order valence-corrected chi connectivity index (χ2v) is 3.67. The van der Waals surface area contributed by atoms with Crippen LogP contribution >= 0.6 is 0 Å². The normalized spacial score (nSPS) is 37.4. The molecule has 2 heteroatoms. The van der Waals surface area contributed by atoms with Crippen LogP contribution in [0.5, 0.6) is 0 Å². The van der Waals surface area contributed by atoms with Gasteiger partial charge in [0.15, 0.2) is 0 Å². The fourth-order valence-corrected chi connectivity index (χ4v) is 1.33. The van der Waals surface area contributed by atoms with Gasteiger partial charge in [-0.15, -0.1) is 0 Å². The predicted octanol–water partition coefficient (Wildman–Crippen LogP) is 1.74. The standard InChI is InChI=1S/C10H18O2/c1-8-3-4-10(11)9(2)7-12-6-5-8/h5,9-11H,3-4,6-7H2,1-2H3/b8-5-/t9-,10+/m0/s1. The van der Waals surface area contributed by atoms with Gasteiger partial charge >= 0.3 is 0 Å². The molecule has 1 aliphatic heterocycles. The van der Waals surface area contributed by atoms with Gasteiger partial charge in [0, 0.05) is 5.92 Å². The SMILES string of the molecule is C/C1=C/COC[C@H](C)[C@H](O)CC1. The molecule has 1 rings (SSSR count). The molecule has 1 heterocycles. The molecule has 1 N–H and O–H groups in total. The van der Waals surface area contributed by atoms with Crippen LogP contribution in [0.4, 0.5) is 0 Å². The van der Waals surface area contributed by atoms with E-state index in [1.54, 1.807) is 0 Å². The van der Waals surface area contributed by atoms with Gasteiger partial charge < -0.3 is 9.84 Å². The van der Waals surface area contributed by atoms with Gasteiger partial charge in [-0.05, 0) is 19.8 Å². The van der Waals surface area contributed by atoms with Crippen LogP contribution in [0.3, 0.4) is 0 Å². The van der Waals surface area contributed by atoms with Crippen molar-refractivity contribution in [3.63, 3.8) is 0 Å². The molecule has 0 fully saturated rings. The second kappa shape index (κ2) is 4.63. The van der Waals surface area contributed by atoms with E-state index in [0.717, 1.165) is 12.8 Å². The summed E-state index contributed by atoms with van der Waals surface area (Å²) in [5, 5.41) is 9.62. The van der Waals surface area contributed by atoms with E-state index in [4.69, 9.17) is 4.74 Å². The zero-order valence-electron chi connectivity index (χ0n) is 7.92. The summed E-state index contributed by atoms with van der Waals surface area (Å²) in [5.74, 6) is 0.268. The number of hydrogen-bond acceptors (Lipinski definition) is 2. The van der Waals surface area contributed by atoms with Crippen molar-refractivity contribution < 1.29 is 9.84 Å². The van der Waals surface area contributed by atoms with Crippen molar-refractivity contribution >= 4 is 0 Å². The van der Waals surface area contributed by atoms with E-state index in [1.165, 1.54) is 5.57 Å². The van der Waals surface area contributed by atoms with Gasteiger partial charge in [-0.3, -0.25) is 0 Å². The zero-order valence-corrected chi connectivity index (χ0v) is 7.92. The third-order valence-corrected chi connectivity index (χ3v) is 2.42. The first-order valence-electron chi connectivity index (χ1n) is 4.61. The van der Waals surface area contributed by atoms with E-state index in [2.05, 4.69) is 13.0 Å². The maximum atomic E-state index is 9.62. The highest BCUT2D eigenvalue weighted by atomic mass is 16.5. The van der Waals surface area contributed by atoms with Gasteiger partial charge in [0.1, 0.15) is 0 Å². The first-order chi connectivity index (χ1) is 5.70. The number of aliphatic hydroxyl groups excluding tert-OH is 1. The Kier molecular flexibility index (Phi) is 3.76. The van der Waals surface area contributed by atoms with E-state index in [1.807, 2.05) is 6.92 Å². The van der Waals surface area contributed by atoms with E-state index < -0.39 is 0 Å². The Hall–Kier alpha value is -0.340. The van der Waals surface area contributed by atoms with Gasteiger partial charge in [0.25, 0.3) is 0 Å². The number of hydrogen-bond donors (Lipinski definition) is 1. The minimum atomic E-state index is -0.202. The monoisotopic (exact) mass is 170 g/mol. The van der Waals surface area contributed by atoms with E-state index in [0.29, 0.717) is 13.2 Å². The summed E-state index contributed by atoms with van der Waals surface area (Å²) in [6.45, 7) is 5.49. The van der Waals surface area contributed by atoms with Crippen molar-refractivity contribution in [2.45, 2.75) is 32.8 Å². The van der Waals surface area contributed by atoms with E-state index in [9.17, 15) is 5.11 Å². The highest BCUT2D eigenvalue weighted by Crippen LogP contribution is 2.15. The van der Waals surface area contributed by atoms with Crippen LogP contribution < -0.4 is 0 Å². The molecule has 1 aliphatic rings. The van der Waals surface area contributed by atoms with Crippen LogP contribution in [-0.2, 0) is 4.74 Å². The highest BCUT2D eigenvalue weighted by molar-refractivity contribution is 4.99. The van der Waals surface area contributed by atoms with Gasteiger partial charge in [-0.25, -0.2) is 0 Å². The molecule has 0 saturated carbocycles. The molecular formula is C10H18O2. The summed E-state index contributed by atoms with van der Waals surface area (Å²) in [6, 6.07) is 0. The van der Waals surface area contributed by atoms with Crippen LogP contribution in [0.1, 0.15) is 26.7 Å². The molecule has 0 spiro atoms. The maximum Gasteiger partial charge on any atom is 0.0650 e. The molecule has 0 radical (unpaired) electrons. The molecular weight excluding hydrogens is 152 g/mol. The van der Waals surface area contributed by atoms with Gasteiger partial charge in [0.2, 0.25) is 0 Å². The van der Waals surface area contributed by atoms with Crippen molar-refractivity contribution in [2.75, 3.05) is 13.2 Å². The Balaban J connectivity index is 2.47. The van der Waals surface area contributed by atoms with E-state index in [-0.39, 0.29) is 12.0 Å². The first-order valence-corrected chi connectivity index (χ1v) is 4.61. The molecule has 0 amide bonds. The van der Waals surface area contributed by atoms with Gasteiger partial charge in [0.05, 0.1) is 19.3 Å². The third kappa shape index (κ3) is 2.95. The third-order valence-electron chi connectivity index (χ3n) is 2.42. The number of aliphatic hydroxyl groups is 1. The number of rotatable bonds is 0. The Morgan fingerprint density at radius 1 is 1.58 bits per heavy atom. The minimum Gasteiger partial charge on any atom is -0.393 e. The molecule has 0 aromatic heterocycles. The second-order valence-electron chi connectivity index (χ2n) is 3.67. The average Bonchev–Trinajstić information content (AvgIpc) is 2.11. The lowest BCUT2D eigenvalue weighted by Gasteiger charge is -2.16. The minimum absolute atomic E-state index is 0.202. The molecule has 2 atom stereocenters. The summed E-state index contributed by atoms with van der Waals surface area (Å²) in [4.78, 5) is 0. The maximum absolute atomic E-state index is 9.62. The predicted molar refractivity (Wildman–Crippen MR) is 49.0 cm³/mol. The Bertz CT molecular complexity index is 163. The van der Waals surface area contributed by atoms with Crippen LogP contribution in [0.15, 0.2) is 11.6 Å². The molecule has 0 aromatic carbocycles. The lowest BCUT2D eigenvalue weighted by atomic mass is 9.99. The largest absolute Gasteiger partial charge is 0.393 e. The number of allylic oxidation sites excluding steroid dienone is 1. The summed E-state index contributed by atoms with van der Waals surface area (Å²) >= 11 is 0. The molecule has 0 unspecified atom stereocenters. The molecule has 0 aromatic rings. The van der Waals surface area contributed by atoms with Crippen molar-refractivity contribution in [1.29, 1.82) is 0 Å². The quantitative estimate of drug-likeness (QED) is 0.561. The smallest absolute Gasteiger partial charge is 0.0650 e. The molecule has 12 heavy (non-hydrogen) atoms. The van der Waals surface area contributed by atoms with Crippen molar-refractivity contribution in [3.8, 4) is 0 Å². The van der Waals surface area contributed by atoms with Gasteiger partial charge in [-0.1, -0.05) is 18.6 Å². The Labute approximate surface area is 74.2 Å². The Morgan fingerprint density at radius 3 is 3.08 bits per heavy atom. The van der Waals surface area contributed by atoms with Crippen LogP contribution in [-0.4, -0.2) is 24.4 Å². The zero-order chi connectivity index (χ0) is 8.97. The van der Waals surface area contributed by atoms with Crippen LogP contribution in [0, 0.1) is 5.92 Å². The Morgan fingerprint density at radius 2 is 2.33 bits per heavy atom. The average molecular weight is 170 g/mol. The molecule has 70 valence electrons. The van der Waals surface area contributed by atoms with Crippen LogP contribution in [0.25, 0.3) is 0 Å². The van der Waals surface area contributed by atoms with E-state index >= 15 is 0 Å². The highest BCUT2D eigenvalue weighted by Gasteiger charge is 2.15. The van der Waals surface area contributed by atoms with Gasteiger partial charge in [-0.2, -0.15) is 0 Å². The van der Waals surface area contributed by atoms with Crippen molar-refractivity contribution in [2.24, 2.45) is 5.92 Å². The molecule has 0 saturated heterocycles. The summed E-state index contributed by atoms with van der Waals surface area (Å²) in [6.07, 6.45) is 3.76. The fourth-order valence-electron chi connectivity index (χ4n) is 1.33. The first kappa shape index (κ1) is 9.75. The number of ether oxygens (including phenoxy) is 1. The summed E-state index contributed by atoms with van der Waals surface area (Å²) in [5.41, 5.74) is 1.32. The summed E-state index contributed by atoms with van der Waals surface area (Å²) in [7, 11) is 0. The molecule has 0 bridgehead atoms. The van der Waals surface area contributed by atoms with Crippen molar-refractivity contribution in [3.05, 3.63) is 11.6 Å².